The van der Waals surface area contributed by atoms with Crippen molar-refractivity contribution >= 4 is 0 Å². The summed E-state index contributed by atoms with van der Waals surface area (Å²) in [5.74, 6) is 3.76. The van der Waals surface area contributed by atoms with E-state index in [2.05, 4.69) is 43.3 Å². The minimum absolute atomic E-state index is 0.0352. The van der Waals surface area contributed by atoms with Crippen LogP contribution in [0.3, 0.4) is 0 Å². The molecular weight excluding hydrogens is 398 g/mol. The molecule has 4 rings (SSSR count). The van der Waals surface area contributed by atoms with Crippen LogP contribution in [0.5, 0.6) is 0 Å². The van der Waals surface area contributed by atoms with Crippen LogP contribution in [-0.2, 0) is 0 Å². The number of aryl methyl sites for hydroxylation is 1. The SMILES string of the molecule is Cc1ccc(C2CCC(C3CCC(/C=C/C4CCC(/C(F)=C/CF)CC4)CC3)CC2)cc1. The van der Waals surface area contributed by atoms with E-state index in [0.717, 1.165) is 55.4 Å². The second kappa shape index (κ2) is 11.6. The highest BCUT2D eigenvalue weighted by molar-refractivity contribution is 5.24. The number of alkyl halides is 1. The topological polar surface area (TPSA) is 0 Å². The van der Waals surface area contributed by atoms with E-state index in [1.54, 1.807) is 5.56 Å². The molecule has 0 atom stereocenters. The first-order valence-electron chi connectivity index (χ1n) is 13.3. The number of hydrogen-bond acceptors (Lipinski definition) is 0. The van der Waals surface area contributed by atoms with Crippen molar-refractivity contribution in [1.82, 2.24) is 0 Å². The average molecular weight is 441 g/mol. The molecule has 0 heterocycles. The van der Waals surface area contributed by atoms with E-state index in [1.807, 2.05) is 0 Å². The molecule has 0 bridgehead atoms. The minimum atomic E-state index is -0.678. The maximum absolute atomic E-state index is 13.8. The van der Waals surface area contributed by atoms with Crippen molar-refractivity contribution in [3.63, 3.8) is 0 Å². The van der Waals surface area contributed by atoms with Crippen LogP contribution < -0.4 is 0 Å². The van der Waals surface area contributed by atoms with Gasteiger partial charge in [0.25, 0.3) is 0 Å². The highest BCUT2D eigenvalue weighted by Gasteiger charge is 2.31. The van der Waals surface area contributed by atoms with Crippen LogP contribution in [0, 0.1) is 36.5 Å². The Kier molecular flexibility index (Phi) is 8.61. The van der Waals surface area contributed by atoms with Crippen LogP contribution >= 0.6 is 0 Å². The summed E-state index contributed by atoms with van der Waals surface area (Å²) >= 11 is 0. The molecule has 0 saturated heterocycles. The average Bonchev–Trinajstić information content (AvgIpc) is 2.84. The van der Waals surface area contributed by atoms with Crippen LogP contribution in [0.4, 0.5) is 8.78 Å². The summed E-state index contributed by atoms with van der Waals surface area (Å²) < 4.78 is 26.1. The summed E-state index contributed by atoms with van der Waals surface area (Å²) in [4.78, 5) is 0. The van der Waals surface area contributed by atoms with E-state index in [0.29, 0.717) is 5.92 Å². The van der Waals surface area contributed by atoms with Crippen molar-refractivity contribution in [2.24, 2.45) is 29.6 Å². The highest BCUT2D eigenvalue weighted by atomic mass is 19.1. The standard InChI is InChI=1S/C30H42F2/c1-22-2-10-25(11-3-22)27-16-18-28(19-17-27)26-12-6-23(7-13-26)4-5-24-8-14-29(15-9-24)30(32)20-21-31/h2-5,10-11,20,23-24,26-29H,6-9,12-19,21H2,1H3/b5-4+,30-20-. The van der Waals surface area contributed by atoms with Gasteiger partial charge in [0, 0.05) is 5.92 Å². The molecule has 0 spiro atoms. The van der Waals surface area contributed by atoms with Gasteiger partial charge in [-0.1, -0.05) is 42.0 Å². The molecule has 0 aromatic heterocycles. The van der Waals surface area contributed by atoms with Crippen LogP contribution in [0.1, 0.15) is 94.1 Å². The van der Waals surface area contributed by atoms with Crippen molar-refractivity contribution in [1.29, 1.82) is 0 Å². The second-order valence-electron chi connectivity index (χ2n) is 10.9. The van der Waals surface area contributed by atoms with Crippen LogP contribution in [0.15, 0.2) is 48.3 Å². The van der Waals surface area contributed by atoms with Gasteiger partial charge in [-0.2, -0.15) is 0 Å². The molecule has 176 valence electrons. The summed E-state index contributed by atoms with van der Waals surface area (Å²) in [6.45, 7) is 1.50. The first-order chi connectivity index (χ1) is 15.6. The lowest BCUT2D eigenvalue weighted by Crippen LogP contribution is -2.25. The fraction of sp³-hybridized carbons (Fsp3) is 0.667. The molecule has 2 heteroatoms. The zero-order chi connectivity index (χ0) is 22.3. The normalized spacial score (nSPS) is 34.7. The van der Waals surface area contributed by atoms with Gasteiger partial charge in [0.2, 0.25) is 0 Å². The predicted octanol–water partition coefficient (Wildman–Crippen LogP) is 9.26. The van der Waals surface area contributed by atoms with Crippen molar-refractivity contribution in [3.05, 3.63) is 59.4 Å². The third kappa shape index (κ3) is 6.33. The van der Waals surface area contributed by atoms with Gasteiger partial charge in [-0.25, -0.2) is 8.78 Å². The zero-order valence-electron chi connectivity index (χ0n) is 20.0. The molecule has 1 aromatic rings. The number of benzene rings is 1. The first-order valence-corrected chi connectivity index (χ1v) is 13.3. The molecular formula is C30H42F2. The Balaban J connectivity index is 1.16. The largest absolute Gasteiger partial charge is 0.246 e. The Bertz CT molecular complexity index is 738. The lowest BCUT2D eigenvalue weighted by molar-refractivity contribution is 0.171. The molecule has 3 aliphatic rings. The summed E-state index contributed by atoms with van der Waals surface area (Å²) in [7, 11) is 0. The molecule has 0 unspecified atom stereocenters. The van der Waals surface area contributed by atoms with Gasteiger partial charge in [0.05, 0.1) is 0 Å². The third-order valence-electron chi connectivity index (χ3n) is 8.89. The first kappa shape index (κ1) is 23.7. The molecule has 0 nitrogen and oxygen atoms in total. The fourth-order valence-electron chi connectivity index (χ4n) is 6.71. The zero-order valence-corrected chi connectivity index (χ0v) is 20.0. The lowest BCUT2D eigenvalue weighted by atomic mass is 9.68. The van der Waals surface area contributed by atoms with E-state index >= 15 is 0 Å². The maximum atomic E-state index is 13.8. The van der Waals surface area contributed by atoms with Gasteiger partial charge in [-0.05, 0) is 125 Å². The van der Waals surface area contributed by atoms with Crippen molar-refractivity contribution in [2.45, 2.75) is 89.9 Å². The Morgan fingerprint density at radius 3 is 1.78 bits per heavy atom. The molecule has 32 heavy (non-hydrogen) atoms. The van der Waals surface area contributed by atoms with Gasteiger partial charge < -0.3 is 0 Å². The predicted molar refractivity (Wildman–Crippen MR) is 131 cm³/mol. The Morgan fingerprint density at radius 1 is 0.750 bits per heavy atom. The molecule has 1 aromatic carbocycles. The summed E-state index contributed by atoms with van der Waals surface area (Å²) in [6, 6.07) is 9.23. The quantitative estimate of drug-likeness (QED) is 0.387. The summed E-state index contributed by atoms with van der Waals surface area (Å²) in [6.07, 6.45) is 21.0. The molecule has 3 fully saturated rings. The van der Waals surface area contributed by atoms with Crippen LogP contribution in [0.2, 0.25) is 0 Å². The van der Waals surface area contributed by atoms with Crippen LogP contribution in [0.25, 0.3) is 0 Å². The second-order valence-corrected chi connectivity index (χ2v) is 10.9. The van der Waals surface area contributed by atoms with E-state index in [-0.39, 0.29) is 11.7 Å². The van der Waals surface area contributed by atoms with Gasteiger partial charge in [-0.3, -0.25) is 0 Å². The minimum Gasteiger partial charge on any atom is -0.246 e. The van der Waals surface area contributed by atoms with Crippen molar-refractivity contribution in [3.8, 4) is 0 Å². The molecule has 0 amide bonds. The van der Waals surface area contributed by atoms with E-state index < -0.39 is 6.67 Å². The number of halogens is 2. The van der Waals surface area contributed by atoms with Crippen LogP contribution in [-0.4, -0.2) is 6.67 Å². The van der Waals surface area contributed by atoms with E-state index in [9.17, 15) is 8.78 Å². The van der Waals surface area contributed by atoms with Crippen molar-refractivity contribution < 1.29 is 8.78 Å². The number of hydrogen-bond donors (Lipinski definition) is 0. The van der Waals surface area contributed by atoms with E-state index in [4.69, 9.17) is 0 Å². The molecule has 0 radical (unpaired) electrons. The third-order valence-corrected chi connectivity index (χ3v) is 8.89. The number of rotatable bonds is 6. The Morgan fingerprint density at radius 2 is 1.25 bits per heavy atom. The van der Waals surface area contributed by atoms with E-state index in [1.165, 1.54) is 56.9 Å². The smallest absolute Gasteiger partial charge is 0.110 e. The maximum Gasteiger partial charge on any atom is 0.110 e. The molecule has 0 aliphatic heterocycles. The van der Waals surface area contributed by atoms with Crippen molar-refractivity contribution in [2.75, 3.05) is 6.67 Å². The molecule has 3 aliphatic carbocycles. The summed E-state index contributed by atoms with van der Waals surface area (Å²) in [5.41, 5.74) is 2.92. The monoisotopic (exact) mass is 440 g/mol. The highest BCUT2D eigenvalue weighted by Crippen LogP contribution is 2.44. The Hall–Kier alpha value is -1.44. The number of allylic oxidation sites excluding steroid dienone is 4. The Labute approximate surface area is 194 Å². The molecule has 3 saturated carbocycles. The fourth-order valence-corrected chi connectivity index (χ4v) is 6.71. The van der Waals surface area contributed by atoms with Gasteiger partial charge in [-0.15, -0.1) is 0 Å². The van der Waals surface area contributed by atoms with Gasteiger partial charge in [0.1, 0.15) is 12.5 Å². The summed E-state index contributed by atoms with van der Waals surface area (Å²) in [5, 5.41) is 0. The van der Waals surface area contributed by atoms with Gasteiger partial charge in [0.15, 0.2) is 0 Å². The lowest BCUT2D eigenvalue weighted by Gasteiger charge is -2.37. The van der Waals surface area contributed by atoms with Gasteiger partial charge >= 0.3 is 0 Å². The molecule has 0 N–H and O–H groups in total.